The summed E-state index contributed by atoms with van der Waals surface area (Å²) in [7, 11) is 0. The molecular weight excluding hydrogens is 334 g/mol. The molecule has 0 saturated carbocycles. The molecule has 4 nitrogen and oxygen atoms in total. The number of benzene rings is 1. The Morgan fingerprint density at radius 2 is 1.80 bits per heavy atom. The van der Waals surface area contributed by atoms with Crippen LogP contribution in [0.5, 0.6) is 0 Å². The zero-order valence-electron chi connectivity index (χ0n) is 14.5. The lowest BCUT2D eigenvalue weighted by molar-refractivity contribution is -0.0390. The highest BCUT2D eigenvalue weighted by molar-refractivity contribution is 6.31. The van der Waals surface area contributed by atoms with E-state index in [9.17, 15) is 5.11 Å². The number of aromatic nitrogens is 1. The monoisotopic (exact) mass is 359 g/mol. The van der Waals surface area contributed by atoms with Gasteiger partial charge in [0, 0.05) is 49.6 Å². The first-order chi connectivity index (χ1) is 12.2. The Morgan fingerprint density at radius 1 is 1.00 bits per heavy atom. The molecule has 4 rings (SSSR count). The molecule has 3 heterocycles. The molecule has 2 aliphatic rings. The summed E-state index contributed by atoms with van der Waals surface area (Å²) in [4.78, 5) is 4.61. The number of likely N-dealkylation sites (tertiary alicyclic amines) is 1. The van der Waals surface area contributed by atoms with Gasteiger partial charge in [-0.15, -0.1) is 0 Å². The van der Waals surface area contributed by atoms with Gasteiger partial charge < -0.3 is 9.67 Å². The Bertz CT molecular complexity index is 710. The number of piperidine rings is 1. The third-order valence-electron chi connectivity index (χ3n) is 5.55. The molecule has 2 aromatic rings. The summed E-state index contributed by atoms with van der Waals surface area (Å²) in [5.74, 6) is 0. The predicted octanol–water partition coefficient (Wildman–Crippen LogP) is 3.35. The molecule has 2 aliphatic heterocycles. The van der Waals surface area contributed by atoms with Gasteiger partial charge in [0.2, 0.25) is 0 Å². The molecule has 0 amide bonds. The summed E-state index contributed by atoms with van der Waals surface area (Å²) in [6.45, 7) is 4.53. The van der Waals surface area contributed by atoms with Crippen molar-refractivity contribution >= 4 is 11.6 Å². The van der Waals surface area contributed by atoms with Crippen molar-refractivity contribution in [3.05, 3.63) is 58.9 Å². The number of fused-ring (bicyclic) bond motifs is 1. The van der Waals surface area contributed by atoms with Gasteiger partial charge in [-0.2, -0.15) is 0 Å². The van der Waals surface area contributed by atoms with Crippen LogP contribution in [-0.4, -0.2) is 51.9 Å². The van der Waals surface area contributed by atoms with Gasteiger partial charge in [-0.3, -0.25) is 9.80 Å². The van der Waals surface area contributed by atoms with Crippen LogP contribution in [-0.2, 0) is 6.54 Å². The van der Waals surface area contributed by atoms with Crippen LogP contribution in [0.4, 0.5) is 0 Å². The SMILES string of the molecule is OC(CN1CCn2cccc2C1c1ccccc1Cl)N1CCCCC1. The summed E-state index contributed by atoms with van der Waals surface area (Å²) in [5.41, 5.74) is 2.37. The van der Waals surface area contributed by atoms with Crippen molar-refractivity contribution in [3.8, 4) is 0 Å². The highest BCUT2D eigenvalue weighted by atomic mass is 35.5. The van der Waals surface area contributed by atoms with Crippen LogP contribution < -0.4 is 0 Å². The Hall–Kier alpha value is -1.33. The third kappa shape index (κ3) is 3.49. The summed E-state index contributed by atoms with van der Waals surface area (Å²) in [5, 5.41) is 11.6. The van der Waals surface area contributed by atoms with Crippen molar-refractivity contribution in [2.75, 3.05) is 26.2 Å². The second-order valence-corrected chi connectivity index (χ2v) is 7.53. The second-order valence-electron chi connectivity index (χ2n) is 7.12. The summed E-state index contributed by atoms with van der Waals surface area (Å²) in [6.07, 6.45) is 5.38. The maximum atomic E-state index is 10.8. The Labute approximate surface area is 154 Å². The van der Waals surface area contributed by atoms with Crippen LogP contribution in [0.1, 0.15) is 36.6 Å². The van der Waals surface area contributed by atoms with Crippen molar-refractivity contribution in [1.29, 1.82) is 0 Å². The largest absolute Gasteiger partial charge is 0.377 e. The van der Waals surface area contributed by atoms with Gasteiger partial charge in [0.25, 0.3) is 0 Å². The van der Waals surface area contributed by atoms with Crippen molar-refractivity contribution in [1.82, 2.24) is 14.4 Å². The van der Waals surface area contributed by atoms with Crippen molar-refractivity contribution < 1.29 is 5.11 Å². The fourth-order valence-corrected chi connectivity index (χ4v) is 4.46. The lowest BCUT2D eigenvalue weighted by Crippen LogP contribution is -2.49. The molecule has 1 aromatic heterocycles. The lowest BCUT2D eigenvalue weighted by atomic mass is 9.99. The molecule has 2 atom stereocenters. The molecule has 0 bridgehead atoms. The highest BCUT2D eigenvalue weighted by Crippen LogP contribution is 2.36. The molecule has 1 aromatic carbocycles. The van der Waals surface area contributed by atoms with E-state index >= 15 is 0 Å². The van der Waals surface area contributed by atoms with Crippen molar-refractivity contribution in [2.24, 2.45) is 0 Å². The van der Waals surface area contributed by atoms with E-state index in [4.69, 9.17) is 11.6 Å². The van der Waals surface area contributed by atoms with E-state index in [0.717, 1.165) is 36.8 Å². The van der Waals surface area contributed by atoms with Crippen LogP contribution in [0, 0.1) is 0 Å². The molecule has 25 heavy (non-hydrogen) atoms. The van der Waals surface area contributed by atoms with Crippen LogP contribution in [0.25, 0.3) is 0 Å². The van der Waals surface area contributed by atoms with Gasteiger partial charge in [0.15, 0.2) is 0 Å². The van der Waals surface area contributed by atoms with Gasteiger partial charge in [-0.05, 0) is 36.6 Å². The topological polar surface area (TPSA) is 31.6 Å². The van der Waals surface area contributed by atoms with Crippen molar-refractivity contribution in [2.45, 2.75) is 38.1 Å². The average molecular weight is 360 g/mol. The van der Waals surface area contributed by atoms with E-state index < -0.39 is 6.23 Å². The smallest absolute Gasteiger partial charge is 0.120 e. The Balaban J connectivity index is 1.61. The van der Waals surface area contributed by atoms with Gasteiger partial charge in [-0.1, -0.05) is 36.2 Å². The van der Waals surface area contributed by atoms with E-state index in [2.05, 4.69) is 38.8 Å². The van der Waals surface area contributed by atoms with E-state index in [1.807, 2.05) is 18.2 Å². The Kier molecular flexibility index (Phi) is 5.13. The Morgan fingerprint density at radius 3 is 2.60 bits per heavy atom. The molecule has 5 heteroatoms. The van der Waals surface area contributed by atoms with Crippen LogP contribution >= 0.6 is 11.6 Å². The number of halogens is 1. The first kappa shape index (κ1) is 17.1. The molecule has 1 fully saturated rings. The zero-order valence-corrected chi connectivity index (χ0v) is 15.3. The molecule has 0 aliphatic carbocycles. The minimum absolute atomic E-state index is 0.0943. The summed E-state index contributed by atoms with van der Waals surface area (Å²) >= 11 is 6.53. The number of hydrogen-bond acceptors (Lipinski definition) is 3. The molecule has 1 N–H and O–H groups in total. The second kappa shape index (κ2) is 7.50. The predicted molar refractivity (Wildman–Crippen MR) is 101 cm³/mol. The van der Waals surface area contributed by atoms with Gasteiger partial charge in [0.1, 0.15) is 6.23 Å². The fourth-order valence-electron chi connectivity index (χ4n) is 4.22. The minimum Gasteiger partial charge on any atom is -0.377 e. The number of aliphatic hydroxyl groups is 1. The highest BCUT2D eigenvalue weighted by Gasteiger charge is 2.32. The molecule has 0 radical (unpaired) electrons. The molecular formula is C20H26ClN3O. The molecule has 134 valence electrons. The molecule has 1 saturated heterocycles. The normalized spacial score (nSPS) is 23.4. The third-order valence-corrected chi connectivity index (χ3v) is 5.89. The molecule has 0 spiro atoms. The summed E-state index contributed by atoms with van der Waals surface area (Å²) in [6, 6.07) is 12.4. The summed E-state index contributed by atoms with van der Waals surface area (Å²) < 4.78 is 2.30. The number of rotatable bonds is 4. The zero-order chi connectivity index (χ0) is 17.2. The average Bonchev–Trinajstić information content (AvgIpc) is 3.12. The fraction of sp³-hybridized carbons (Fsp3) is 0.500. The van der Waals surface area contributed by atoms with E-state index in [1.54, 1.807) is 0 Å². The van der Waals surface area contributed by atoms with Crippen LogP contribution in [0.3, 0.4) is 0 Å². The molecule has 2 unspecified atom stereocenters. The van der Waals surface area contributed by atoms with E-state index in [-0.39, 0.29) is 6.04 Å². The van der Waals surface area contributed by atoms with Gasteiger partial charge in [-0.25, -0.2) is 0 Å². The number of aliphatic hydroxyl groups excluding tert-OH is 1. The van der Waals surface area contributed by atoms with Gasteiger partial charge >= 0.3 is 0 Å². The van der Waals surface area contributed by atoms with Crippen LogP contribution in [0.15, 0.2) is 42.6 Å². The van der Waals surface area contributed by atoms with E-state index in [1.165, 1.54) is 25.0 Å². The lowest BCUT2D eigenvalue weighted by Gasteiger charge is -2.41. The number of hydrogen-bond donors (Lipinski definition) is 1. The minimum atomic E-state index is -0.410. The standard InChI is InChI=1S/C20H26ClN3O/c21-17-8-3-2-7-16(17)20-18-9-6-12-22(18)13-14-24(20)15-19(25)23-10-4-1-5-11-23/h2-3,6-9,12,19-20,25H,1,4-5,10-11,13-15H2. The maximum absolute atomic E-state index is 10.8. The van der Waals surface area contributed by atoms with Crippen molar-refractivity contribution in [3.63, 3.8) is 0 Å². The number of β-amino-alcohol motifs (C(OH)–C–C–N with tert-alkyl or cyclic N) is 1. The van der Waals surface area contributed by atoms with Gasteiger partial charge in [0.05, 0.1) is 6.04 Å². The quantitative estimate of drug-likeness (QED) is 0.908. The first-order valence-corrected chi connectivity index (χ1v) is 9.67. The first-order valence-electron chi connectivity index (χ1n) is 9.29. The van der Waals surface area contributed by atoms with E-state index in [0.29, 0.717) is 6.54 Å². The van der Waals surface area contributed by atoms with Crippen LogP contribution in [0.2, 0.25) is 5.02 Å². The number of nitrogens with zero attached hydrogens (tertiary/aromatic N) is 3. The maximum Gasteiger partial charge on any atom is 0.120 e.